The predicted octanol–water partition coefficient (Wildman–Crippen LogP) is 3.94. The summed E-state index contributed by atoms with van der Waals surface area (Å²) in [5, 5.41) is 6.41. The number of pyridine rings is 1. The van der Waals surface area contributed by atoms with Gasteiger partial charge in [0, 0.05) is 25.5 Å². The van der Waals surface area contributed by atoms with E-state index >= 15 is 0 Å². The maximum absolute atomic E-state index is 12.2. The van der Waals surface area contributed by atoms with E-state index in [-0.39, 0.29) is 29.7 Å². The molecule has 2 rings (SSSR count). The number of halogens is 4. The highest BCUT2D eigenvalue weighted by atomic mass is 127. The molecule has 0 unspecified atom stereocenters. The van der Waals surface area contributed by atoms with Crippen LogP contribution in [0.5, 0.6) is 5.75 Å². The summed E-state index contributed by atoms with van der Waals surface area (Å²) in [4.78, 5) is 8.57. The van der Waals surface area contributed by atoms with Crippen molar-refractivity contribution in [2.24, 2.45) is 4.99 Å². The van der Waals surface area contributed by atoms with Gasteiger partial charge in [0.25, 0.3) is 0 Å². The first-order valence-electron chi connectivity index (χ1n) is 8.66. The van der Waals surface area contributed by atoms with Crippen molar-refractivity contribution < 1.29 is 17.9 Å². The van der Waals surface area contributed by atoms with E-state index in [0.29, 0.717) is 19.0 Å². The Morgan fingerprint density at radius 3 is 2.46 bits per heavy atom. The molecule has 1 aromatic carbocycles. The average molecular weight is 508 g/mol. The number of hydrogen-bond donors (Lipinski definition) is 2. The molecule has 2 aromatic rings. The standard InChI is InChI=1S/C19H23F3N4O.HI/c1-2-24-18(25-11-9-15-4-3-10-23-12-15)26-13-16-5-7-17(8-6-16)27-14-19(20,21)22;/h3-8,10,12H,2,9,11,13-14H2,1H3,(H2,24,25,26);1H. The van der Waals surface area contributed by atoms with Crippen molar-refractivity contribution >= 4 is 29.9 Å². The number of hydrogen-bond acceptors (Lipinski definition) is 3. The molecule has 5 nitrogen and oxygen atoms in total. The van der Waals surface area contributed by atoms with Crippen LogP contribution in [0, 0.1) is 0 Å². The topological polar surface area (TPSA) is 58.5 Å². The van der Waals surface area contributed by atoms with Crippen molar-refractivity contribution in [1.82, 2.24) is 15.6 Å². The van der Waals surface area contributed by atoms with E-state index in [1.165, 1.54) is 12.1 Å². The molecule has 0 fully saturated rings. The zero-order valence-corrected chi connectivity index (χ0v) is 17.8. The lowest BCUT2D eigenvalue weighted by Gasteiger charge is -2.12. The van der Waals surface area contributed by atoms with Crippen LogP contribution in [-0.2, 0) is 13.0 Å². The van der Waals surface area contributed by atoms with Crippen molar-refractivity contribution in [3.63, 3.8) is 0 Å². The van der Waals surface area contributed by atoms with Crippen LogP contribution in [0.4, 0.5) is 13.2 Å². The van der Waals surface area contributed by atoms with Crippen LogP contribution in [0.25, 0.3) is 0 Å². The minimum atomic E-state index is -4.34. The Hall–Kier alpha value is -2.04. The first-order chi connectivity index (χ1) is 13.0. The number of nitrogens with zero attached hydrogens (tertiary/aromatic N) is 2. The van der Waals surface area contributed by atoms with Gasteiger partial charge in [-0.2, -0.15) is 13.2 Å². The lowest BCUT2D eigenvalue weighted by Crippen LogP contribution is -2.38. The Balaban J connectivity index is 0.00000392. The van der Waals surface area contributed by atoms with Crippen LogP contribution in [0.2, 0.25) is 0 Å². The van der Waals surface area contributed by atoms with Gasteiger partial charge in [0.15, 0.2) is 12.6 Å². The second kappa shape index (κ2) is 12.4. The van der Waals surface area contributed by atoms with E-state index < -0.39 is 12.8 Å². The first kappa shape index (κ1) is 24.0. The third-order valence-electron chi connectivity index (χ3n) is 3.52. The lowest BCUT2D eigenvalue weighted by molar-refractivity contribution is -0.153. The number of aliphatic imine (C=N–C) groups is 1. The maximum Gasteiger partial charge on any atom is 0.422 e. The summed E-state index contributed by atoms with van der Waals surface area (Å²) in [6, 6.07) is 10.3. The van der Waals surface area contributed by atoms with Gasteiger partial charge in [0.2, 0.25) is 0 Å². The average Bonchev–Trinajstić information content (AvgIpc) is 2.65. The molecule has 0 atom stereocenters. The highest BCUT2D eigenvalue weighted by molar-refractivity contribution is 14.0. The third-order valence-corrected chi connectivity index (χ3v) is 3.52. The van der Waals surface area contributed by atoms with E-state index in [1.54, 1.807) is 18.3 Å². The highest BCUT2D eigenvalue weighted by Crippen LogP contribution is 2.19. The van der Waals surface area contributed by atoms with Crippen molar-refractivity contribution in [3.8, 4) is 5.75 Å². The van der Waals surface area contributed by atoms with Gasteiger partial charge in [-0.1, -0.05) is 18.2 Å². The summed E-state index contributed by atoms with van der Waals surface area (Å²) < 4.78 is 41.2. The van der Waals surface area contributed by atoms with Gasteiger partial charge in [-0.25, -0.2) is 4.99 Å². The van der Waals surface area contributed by atoms with Gasteiger partial charge in [-0.05, 0) is 42.7 Å². The number of nitrogens with one attached hydrogen (secondary N) is 2. The van der Waals surface area contributed by atoms with Crippen LogP contribution in [0.15, 0.2) is 53.8 Å². The largest absolute Gasteiger partial charge is 0.484 e. The predicted molar refractivity (Wildman–Crippen MR) is 114 cm³/mol. The van der Waals surface area contributed by atoms with Gasteiger partial charge in [-0.3, -0.25) is 4.98 Å². The molecule has 0 bridgehead atoms. The molecule has 0 radical (unpaired) electrons. The van der Waals surface area contributed by atoms with Crippen LogP contribution < -0.4 is 15.4 Å². The molecule has 2 N–H and O–H groups in total. The molecule has 0 saturated carbocycles. The van der Waals surface area contributed by atoms with Crippen LogP contribution in [0.1, 0.15) is 18.1 Å². The molecular weight excluding hydrogens is 484 g/mol. The van der Waals surface area contributed by atoms with Crippen molar-refractivity contribution in [2.75, 3.05) is 19.7 Å². The minimum absolute atomic E-state index is 0. The van der Waals surface area contributed by atoms with E-state index in [4.69, 9.17) is 4.74 Å². The van der Waals surface area contributed by atoms with Gasteiger partial charge >= 0.3 is 6.18 Å². The summed E-state index contributed by atoms with van der Waals surface area (Å²) >= 11 is 0. The normalized spacial score (nSPS) is 11.5. The Morgan fingerprint density at radius 2 is 1.86 bits per heavy atom. The SMILES string of the molecule is CCNC(=NCc1ccc(OCC(F)(F)F)cc1)NCCc1cccnc1.I. The molecule has 0 aliphatic rings. The van der Waals surface area contributed by atoms with Crippen molar-refractivity contribution in [1.29, 1.82) is 0 Å². The van der Waals surface area contributed by atoms with Gasteiger partial charge < -0.3 is 15.4 Å². The van der Waals surface area contributed by atoms with Gasteiger partial charge in [-0.15, -0.1) is 24.0 Å². The molecule has 28 heavy (non-hydrogen) atoms. The van der Waals surface area contributed by atoms with E-state index in [1.807, 2.05) is 25.3 Å². The fourth-order valence-electron chi connectivity index (χ4n) is 2.24. The van der Waals surface area contributed by atoms with E-state index in [2.05, 4.69) is 20.6 Å². The summed E-state index contributed by atoms with van der Waals surface area (Å²) in [6.07, 6.45) is 0.0463. The summed E-state index contributed by atoms with van der Waals surface area (Å²) in [6.45, 7) is 2.52. The number of aromatic nitrogens is 1. The van der Waals surface area contributed by atoms with Crippen molar-refractivity contribution in [3.05, 3.63) is 59.9 Å². The minimum Gasteiger partial charge on any atom is -0.484 e. The molecule has 0 spiro atoms. The van der Waals surface area contributed by atoms with Crippen molar-refractivity contribution in [2.45, 2.75) is 26.1 Å². The van der Waals surface area contributed by atoms with E-state index in [9.17, 15) is 13.2 Å². The quantitative estimate of drug-likeness (QED) is 0.323. The molecule has 154 valence electrons. The molecular formula is C19H24F3IN4O. The fourth-order valence-corrected chi connectivity index (χ4v) is 2.24. The monoisotopic (exact) mass is 508 g/mol. The Morgan fingerprint density at radius 1 is 1.11 bits per heavy atom. The molecule has 1 heterocycles. The number of rotatable bonds is 8. The van der Waals surface area contributed by atoms with Crippen LogP contribution >= 0.6 is 24.0 Å². The van der Waals surface area contributed by atoms with Gasteiger partial charge in [0.05, 0.1) is 6.54 Å². The smallest absolute Gasteiger partial charge is 0.422 e. The molecule has 9 heteroatoms. The number of guanidine groups is 1. The van der Waals surface area contributed by atoms with Crippen LogP contribution in [0.3, 0.4) is 0 Å². The Labute approximate surface area is 179 Å². The highest BCUT2D eigenvalue weighted by Gasteiger charge is 2.28. The Bertz CT molecular complexity index is 709. The Kier molecular flexibility index (Phi) is 10.6. The van der Waals surface area contributed by atoms with Crippen LogP contribution in [-0.4, -0.2) is 36.8 Å². The fraction of sp³-hybridized carbons (Fsp3) is 0.368. The summed E-state index contributed by atoms with van der Waals surface area (Å²) in [5.41, 5.74) is 2.01. The van der Waals surface area contributed by atoms with Gasteiger partial charge in [0.1, 0.15) is 5.75 Å². The second-order valence-electron chi connectivity index (χ2n) is 5.78. The number of ether oxygens (including phenoxy) is 1. The first-order valence-corrected chi connectivity index (χ1v) is 8.66. The summed E-state index contributed by atoms with van der Waals surface area (Å²) in [5.74, 6) is 0.861. The molecule has 0 aliphatic carbocycles. The maximum atomic E-state index is 12.2. The second-order valence-corrected chi connectivity index (χ2v) is 5.78. The summed E-state index contributed by atoms with van der Waals surface area (Å²) in [7, 11) is 0. The number of benzene rings is 1. The zero-order valence-electron chi connectivity index (χ0n) is 15.5. The molecule has 0 aliphatic heterocycles. The zero-order chi connectivity index (χ0) is 19.5. The third kappa shape index (κ3) is 9.77. The molecule has 1 aromatic heterocycles. The molecule has 0 saturated heterocycles. The number of alkyl halides is 3. The lowest BCUT2D eigenvalue weighted by atomic mass is 10.2. The molecule has 0 amide bonds. The van der Waals surface area contributed by atoms with E-state index in [0.717, 1.165) is 24.1 Å².